The molecule has 0 radical (unpaired) electrons. The molecule has 6 rings (SSSR count). The Morgan fingerprint density at radius 2 is 1.97 bits per heavy atom. The van der Waals surface area contributed by atoms with Crippen LogP contribution in [0.25, 0.3) is 11.2 Å². The number of aromatic nitrogens is 5. The number of aliphatic hydroxyl groups excluding tert-OH is 2. The maximum atomic E-state index is 13.0. The summed E-state index contributed by atoms with van der Waals surface area (Å²) in [5.74, 6) is 5.25. The third-order valence-electron chi connectivity index (χ3n) is 6.82. The number of nitrogens with zero attached hydrogens (tertiary/aromatic N) is 6. The predicted molar refractivity (Wildman–Crippen MR) is 137 cm³/mol. The van der Waals surface area contributed by atoms with Gasteiger partial charge in [-0.1, -0.05) is 17.5 Å². The maximum absolute atomic E-state index is 13.0. The van der Waals surface area contributed by atoms with Crippen LogP contribution in [0, 0.1) is 11.8 Å². The summed E-state index contributed by atoms with van der Waals surface area (Å²) in [6.07, 6.45) is 1.07. The average molecular weight is 553 g/mol. The first-order chi connectivity index (χ1) is 18.8. The van der Waals surface area contributed by atoms with E-state index >= 15 is 0 Å². The largest absolute Gasteiger partial charge is 0.387 e. The highest BCUT2D eigenvalue weighted by Gasteiger charge is 2.48. The number of anilines is 1. The minimum Gasteiger partial charge on any atom is -0.387 e. The molecule has 2 amide bonds. The van der Waals surface area contributed by atoms with E-state index in [1.165, 1.54) is 17.1 Å². The summed E-state index contributed by atoms with van der Waals surface area (Å²) in [6.45, 7) is 0.140. The number of fused-ring (bicyclic) bond motifs is 1. The highest BCUT2D eigenvalue weighted by Crippen LogP contribution is 2.33. The highest BCUT2D eigenvalue weighted by atomic mass is 35.5. The first kappa shape index (κ1) is 25.4. The standard InChI is InChI=1S/C25H25ClN8O5/c26-15-8-3-12(10-28-15)24(38)33(14-6-7-14)9-1-2-16-31-21(27)17-22(32-16)34(11-29-17)25-19(36)18(35)20(39-25)23(37)30-13-4-5-13/h3,8,10-11,13-14,18-20,25,35-36H,4-7,9H2,(H,30,37)(H2,27,31,32)/t18?,19-,20+,25-/m1/s1. The van der Waals surface area contributed by atoms with E-state index in [9.17, 15) is 19.8 Å². The van der Waals surface area contributed by atoms with Gasteiger partial charge in [-0.3, -0.25) is 14.2 Å². The quantitative estimate of drug-likeness (QED) is 0.240. The Bertz CT molecular complexity index is 1490. The second-order valence-corrected chi connectivity index (χ2v) is 10.2. The zero-order valence-corrected chi connectivity index (χ0v) is 21.3. The molecule has 202 valence electrons. The molecule has 3 aliphatic rings. The van der Waals surface area contributed by atoms with Crippen LogP contribution < -0.4 is 11.1 Å². The molecule has 0 bridgehead atoms. The normalized spacial score (nSPS) is 24.3. The van der Waals surface area contributed by atoms with Crippen molar-refractivity contribution in [1.29, 1.82) is 0 Å². The van der Waals surface area contributed by atoms with Crippen molar-refractivity contribution >= 4 is 40.4 Å². The molecule has 1 unspecified atom stereocenters. The van der Waals surface area contributed by atoms with Crippen molar-refractivity contribution in [2.24, 2.45) is 0 Å². The van der Waals surface area contributed by atoms with Gasteiger partial charge in [0.05, 0.1) is 18.4 Å². The van der Waals surface area contributed by atoms with Gasteiger partial charge in [0.15, 0.2) is 23.8 Å². The van der Waals surface area contributed by atoms with Crippen molar-refractivity contribution in [3.63, 3.8) is 0 Å². The van der Waals surface area contributed by atoms with Crippen LogP contribution in [0.3, 0.4) is 0 Å². The lowest BCUT2D eigenvalue weighted by Crippen LogP contribution is -2.43. The molecule has 4 atom stereocenters. The van der Waals surface area contributed by atoms with Crippen LogP contribution in [0.5, 0.6) is 0 Å². The lowest BCUT2D eigenvalue weighted by Gasteiger charge is -2.19. The van der Waals surface area contributed by atoms with Gasteiger partial charge in [-0.05, 0) is 43.7 Å². The van der Waals surface area contributed by atoms with E-state index in [0.29, 0.717) is 10.7 Å². The molecule has 39 heavy (non-hydrogen) atoms. The van der Waals surface area contributed by atoms with Gasteiger partial charge >= 0.3 is 0 Å². The third-order valence-corrected chi connectivity index (χ3v) is 7.04. The molecule has 0 spiro atoms. The van der Waals surface area contributed by atoms with Crippen molar-refractivity contribution in [1.82, 2.24) is 34.7 Å². The van der Waals surface area contributed by atoms with E-state index in [0.717, 1.165) is 25.7 Å². The molecule has 1 aliphatic heterocycles. The maximum Gasteiger partial charge on any atom is 0.256 e. The monoisotopic (exact) mass is 552 g/mol. The first-order valence-corrected chi connectivity index (χ1v) is 12.9. The average Bonchev–Trinajstić information content (AvgIpc) is 3.85. The van der Waals surface area contributed by atoms with Gasteiger partial charge in [0, 0.05) is 18.3 Å². The number of hydrogen-bond acceptors (Lipinski definition) is 10. The molecule has 3 aromatic rings. The summed E-state index contributed by atoms with van der Waals surface area (Å²) in [5.41, 5.74) is 6.99. The fourth-order valence-corrected chi connectivity index (χ4v) is 4.53. The Morgan fingerprint density at radius 1 is 1.18 bits per heavy atom. The molecular formula is C25H25ClN8O5. The third kappa shape index (κ3) is 5.11. The van der Waals surface area contributed by atoms with Gasteiger partial charge in [0.2, 0.25) is 5.82 Å². The van der Waals surface area contributed by atoms with Crippen molar-refractivity contribution in [2.75, 3.05) is 12.3 Å². The van der Waals surface area contributed by atoms with E-state index in [2.05, 4.69) is 37.1 Å². The number of rotatable bonds is 6. The Labute approximate surface area is 227 Å². The fraction of sp³-hybridized carbons (Fsp3) is 0.440. The lowest BCUT2D eigenvalue weighted by molar-refractivity contribution is -0.137. The summed E-state index contributed by atoms with van der Waals surface area (Å²) in [4.78, 5) is 44.0. The minimum absolute atomic E-state index is 0.0569. The zero-order chi connectivity index (χ0) is 27.3. The molecule has 3 fully saturated rings. The Kier molecular flexibility index (Phi) is 6.56. The van der Waals surface area contributed by atoms with Crippen molar-refractivity contribution in [3.8, 4) is 11.8 Å². The smallest absolute Gasteiger partial charge is 0.256 e. The number of imidazole rings is 1. The topological polar surface area (TPSA) is 182 Å². The van der Waals surface area contributed by atoms with Gasteiger partial charge in [-0.2, -0.15) is 0 Å². The summed E-state index contributed by atoms with van der Waals surface area (Å²) in [5, 5.41) is 24.2. The van der Waals surface area contributed by atoms with Gasteiger partial charge < -0.3 is 30.9 Å². The number of nitrogens with two attached hydrogens (primary N) is 1. The summed E-state index contributed by atoms with van der Waals surface area (Å²) < 4.78 is 7.14. The Hall–Kier alpha value is -3.83. The molecule has 14 heteroatoms. The number of amides is 2. The van der Waals surface area contributed by atoms with Crippen LogP contribution in [0.15, 0.2) is 24.7 Å². The minimum atomic E-state index is -1.44. The second-order valence-electron chi connectivity index (χ2n) is 9.80. The molecule has 4 heterocycles. The number of ether oxygens (including phenoxy) is 1. The number of carbonyl (C=O) groups excluding carboxylic acids is 2. The van der Waals surface area contributed by atoms with Crippen LogP contribution >= 0.6 is 11.6 Å². The van der Waals surface area contributed by atoms with E-state index < -0.39 is 30.4 Å². The van der Waals surface area contributed by atoms with Gasteiger partial charge in [-0.15, -0.1) is 0 Å². The van der Waals surface area contributed by atoms with E-state index in [-0.39, 0.29) is 47.3 Å². The van der Waals surface area contributed by atoms with Crippen LogP contribution in [0.4, 0.5) is 5.82 Å². The SMILES string of the molecule is Nc1nc(C#CCN(C(=O)c2ccc(Cl)nc2)C2CC2)nc2c1ncn2[C@@H]1O[C@H](C(=O)NC2CC2)C(O)[C@H]1O. The Morgan fingerprint density at radius 3 is 2.67 bits per heavy atom. The molecule has 2 saturated carbocycles. The number of carbonyl (C=O) groups is 2. The molecule has 1 saturated heterocycles. The second kappa shape index (κ2) is 10.0. The molecule has 5 N–H and O–H groups in total. The summed E-state index contributed by atoms with van der Waals surface area (Å²) in [7, 11) is 0. The molecule has 2 aliphatic carbocycles. The summed E-state index contributed by atoms with van der Waals surface area (Å²) >= 11 is 5.84. The van der Waals surface area contributed by atoms with E-state index in [1.807, 2.05) is 0 Å². The van der Waals surface area contributed by atoms with Gasteiger partial charge in [0.25, 0.3) is 11.8 Å². The number of halogens is 1. The van der Waals surface area contributed by atoms with Crippen LogP contribution in [-0.2, 0) is 9.53 Å². The molecule has 13 nitrogen and oxygen atoms in total. The molecular weight excluding hydrogens is 528 g/mol. The lowest BCUT2D eigenvalue weighted by atomic mass is 10.1. The van der Waals surface area contributed by atoms with Crippen molar-refractivity contribution in [3.05, 3.63) is 41.2 Å². The van der Waals surface area contributed by atoms with Crippen LogP contribution in [-0.4, -0.2) is 88.4 Å². The highest BCUT2D eigenvalue weighted by molar-refractivity contribution is 6.29. The van der Waals surface area contributed by atoms with Crippen molar-refractivity contribution in [2.45, 2.75) is 62.3 Å². The Balaban J connectivity index is 1.22. The molecule has 3 aromatic heterocycles. The van der Waals surface area contributed by atoms with Gasteiger partial charge in [0.1, 0.15) is 22.9 Å². The summed E-state index contributed by atoms with van der Waals surface area (Å²) in [6, 6.07) is 3.35. The number of nitrogens with one attached hydrogen (secondary N) is 1. The van der Waals surface area contributed by atoms with Gasteiger partial charge in [-0.25, -0.2) is 19.9 Å². The first-order valence-electron chi connectivity index (χ1n) is 12.5. The number of aliphatic hydroxyl groups is 2. The van der Waals surface area contributed by atoms with Crippen molar-refractivity contribution < 1.29 is 24.5 Å². The fourth-order valence-electron chi connectivity index (χ4n) is 4.42. The van der Waals surface area contributed by atoms with Crippen LogP contribution in [0.1, 0.15) is 48.1 Å². The number of hydrogen-bond donors (Lipinski definition) is 4. The number of pyridine rings is 1. The van der Waals surface area contributed by atoms with E-state index in [4.69, 9.17) is 22.1 Å². The predicted octanol–water partition coefficient (Wildman–Crippen LogP) is 0.0110. The number of nitrogen functional groups attached to an aromatic ring is 1. The van der Waals surface area contributed by atoms with Crippen LogP contribution in [0.2, 0.25) is 5.15 Å². The molecule has 0 aromatic carbocycles. The van der Waals surface area contributed by atoms with E-state index in [1.54, 1.807) is 17.0 Å². The zero-order valence-electron chi connectivity index (χ0n) is 20.6.